The van der Waals surface area contributed by atoms with Gasteiger partial charge in [-0.15, -0.1) is 0 Å². The van der Waals surface area contributed by atoms with Crippen molar-refractivity contribution in [1.82, 2.24) is 15.3 Å². The molecule has 1 saturated heterocycles. The van der Waals surface area contributed by atoms with Gasteiger partial charge in [-0.2, -0.15) is 0 Å². The van der Waals surface area contributed by atoms with Crippen LogP contribution in [0.4, 0.5) is 5.95 Å². The molecule has 6 heteroatoms. The number of H-pyrrole nitrogens is 1. The fourth-order valence-corrected chi connectivity index (χ4v) is 3.00. The molecule has 1 atom stereocenters. The standard InChI is InChI=1S/C17H22N4O2/c1-2-9-18-15(22)12-6-5-10-21(11-12)17-19-14-8-4-3-7-13(14)16(23)20-17/h3-4,7-8,12H,2,5-6,9-11H2,1H3,(H,18,22)(H,19,20,23). The number of para-hydroxylation sites is 1. The summed E-state index contributed by atoms with van der Waals surface area (Å²) in [7, 11) is 0. The van der Waals surface area contributed by atoms with Gasteiger partial charge in [0.05, 0.1) is 16.8 Å². The van der Waals surface area contributed by atoms with Gasteiger partial charge in [0.15, 0.2) is 0 Å². The molecule has 122 valence electrons. The van der Waals surface area contributed by atoms with E-state index in [2.05, 4.69) is 15.3 Å². The minimum atomic E-state index is -0.136. The van der Waals surface area contributed by atoms with E-state index in [0.717, 1.165) is 25.8 Å². The highest BCUT2D eigenvalue weighted by Crippen LogP contribution is 2.21. The van der Waals surface area contributed by atoms with Gasteiger partial charge in [-0.1, -0.05) is 19.1 Å². The van der Waals surface area contributed by atoms with Crippen LogP contribution in [0.5, 0.6) is 0 Å². The van der Waals surface area contributed by atoms with Crippen LogP contribution in [0.15, 0.2) is 29.1 Å². The first-order chi connectivity index (χ1) is 11.2. The van der Waals surface area contributed by atoms with Crippen molar-refractivity contribution in [1.29, 1.82) is 0 Å². The van der Waals surface area contributed by atoms with Gasteiger partial charge in [0.2, 0.25) is 11.9 Å². The number of nitrogens with one attached hydrogen (secondary N) is 2. The number of aromatic amines is 1. The number of carbonyl (C=O) groups excluding carboxylic acids is 1. The molecular weight excluding hydrogens is 292 g/mol. The number of carbonyl (C=O) groups is 1. The summed E-state index contributed by atoms with van der Waals surface area (Å²) in [6, 6.07) is 7.30. The summed E-state index contributed by atoms with van der Waals surface area (Å²) in [4.78, 5) is 33.8. The van der Waals surface area contributed by atoms with E-state index in [9.17, 15) is 9.59 Å². The first-order valence-electron chi connectivity index (χ1n) is 8.20. The Morgan fingerprint density at radius 2 is 2.26 bits per heavy atom. The van der Waals surface area contributed by atoms with Crippen molar-refractivity contribution in [3.8, 4) is 0 Å². The molecule has 3 rings (SSSR count). The number of fused-ring (bicyclic) bond motifs is 1. The van der Waals surface area contributed by atoms with Crippen molar-refractivity contribution < 1.29 is 4.79 Å². The normalized spacial score (nSPS) is 18.1. The van der Waals surface area contributed by atoms with Crippen molar-refractivity contribution >= 4 is 22.8 Å². The summed E-state index contributed by atoms with van der Waals surface area (Å²) in [5.74, 6) is 0.605. The Morgan fingerprint density at radius 3 is 3.09 bits per heavy atom. The Bertz CT molecular complexity index is 756. The third kappa shape index (κ3) is 3.36. The minimum Gasteiger partial charge on any atom is -0.356 e. The molecule has 6 nitrogen and oxygen atoms in total. The number of benzene rings is 1. The topological polar surface area (TPSA) is 78.1 Å². The zero-order valence-corrected chi connectivity index (χ0v) is 13.3. The van der Waals surface area contributed by atoms with E-state index >= 15 is 0 Å². The van der Waals surface area contributed by atoms with E-state index < -0.39 is 0 Å². The van der Waals surface area contributed by atoms with E-state index in [4.69, 9.17) is 0 Å². The predicted octanol–water partition coefficient (Wildman–Crippen LogP) is 1.67. The molecule has 23 heavy (non-hydrogen) atoms. The second-order valence-corrected chi connectivity index (χ2v) is 5.98. The van der Waals surface area contributed by atoms with Gasteiger partial charge in [0.1, 0.15) is 0 Å². The van der Waals surface area contributed by atoms with Crippen molar-refractivity contribution in [2.45, 2.75) is 26.2 Å². The van der Waals surface area contributed by atoms with Crippen molar-refractivity contribution in [2.75, 3.05) is 24.5 Å². The lowest BCUT2D eigenvalue weighted by Crippen LogP contribution is -2.44. The molecule has 0 bridgehead atoms. The largest absolute Gasteiger partial charge is 0.356 e. The maximum atomic E-state index is 12.2. The van der Waals surface area contributed by atoms with Gasteiger partial charge in [0, 0.05) is 19.6 Å². The van der Waals surface area contributed by atoms with E-state index in [1.54, 1.807) is 6.07 Å². The maximum absolute atomic E-state index is 12.2. The van der Waals surface area contributed by atoms with Crippen molar-refractivity contribution in [3.63, 3.8) is 0 Å². The second-order valence-electron chi connectivity index (χ2n) is 5.98. The summed E-state index contributed by atoms with van der Waals surface area (Å²) < 4.78 is 0. The molecule has 0 saturated carbocycles. The molecule has 1 aliphatic rings. The zero-order chi connectivity index (χ0) is 16.2. The van der Waals surface area contributed by atoms with Crippen LogP contribution >= 0.6 is 0 Å². The summed E-state index contributed by atoms with van der Waals surface area (Å²) in [5, 5.41) is 3.55. The molecule has 0 spiro atoms. The Kier molecular flexibility index (Phi) is 4.60. The van der Waals surface area contributed by atoms with Crippen LogP contribution < -0.4 is 15.8 Å². The van der Waals surface area contributed by atoms with E-state index in [1.165, 1.54) is 0 Å². The average Bonchev–Trinajstić information content (AvgIpc) is 2.59. The molecule has 1 aromatic heterocycles. The Morgan fingerprint density at radius 1 is 1.43 bits per heavy atom. The average molecular weight is 314 g/mol. The summed E-state index contributed by atoms with van der Waals surface area (Å²) in [6.07, 6.45) is 2.73. The molecular formula is C17H22N4O2. The first kappa shape index (κ1) is 15.5. The highest BCUT2D eigenvalue weighted by molar-refractivity contribution is 5.80. The van der Waals surface area contributed by atoms with E-state index in [1.807, 2.05) is 30.0 Å². The Labute approximate surface area is 134 Å². The molecule has 1 aliphatic heterocycles. The lowest BCUT2D eigenvalue weighted by molar-refractivity contribution is -0.125. The monoisotopic (exact) mass is 314 g/mol. The van der Waals surface area contributed by atoms with Crippen LogP contribution in [0, 0.1) is 5.92 Å². The quantitative estimate of drug-likeness (QED) is 0.900. The SMILES string of the molecule is CCCNC(=O)C1CCCN(c2nc3ccccc3c(=O)[nH]2)C1. The minimum absolute atomic E-state index is 0.0490. The van der Waals surface area contributed by atoms with Crippen LogP contribution in [0.3, 0.4) is 0 Å². The van der Waals surface area contributed by atoms with Crippen molar-refractivity contribution in [2.24, 2.45) is 5.92 Å². The second kappa shape index (κ2) is 6.81. The predicted molar refractivity (Wildman–Crippen MR) is 90.6 cm³/mol. The molecule has 1 amide bonds. The fourth-order valence-electron chi connectivity index (χ4n) is 3.00. The van der Waals surface area contributed by atoms with Crippen molar-refractivity contribution in [3.05, 3.63) is 34.6 Å². The summed E-state index contributed by atoms with van der Waals surface area (Å²) >= 11 is 0. The molecule has 2 heterocycles. The number of hydrogen-bond donors (Lipinski definition) is 2. The summed E-state index contributed by atoms with van der Waals surface area (Å²) in [6.45, 7) is 4.15. The van der Waals surface area contributed by atoms with Gasteiger partial charge in [0.25, 0.3) is 5.56 Å². The number of hydrogen-bond acceptors (Lipinski definition) is 4. The van der Waals surface area contributed by atoms with Gasteiger partial charge >= 0.3 is 0 Å². The molecule has 2 N–H and O–H groups in total. The van der Waals surface area contributed by atoms with E-state index in [-0.39, 0.29) is 17.4 Å². The number of anilines is 1. The highest BCUT2D eigenvalue weighted by atomic mass is 16.2. The molecule has 0 radical (unpaired) electrons. The first-order valence-corrected chi connectivity index (χ1v) is 8.20. The molecule has 0 aliphatic carbocycles. The molecule has 1 fully saturated rings. The molecule has 1 unspecified atom stereocenters. The van der Waals surface area contributed by atoms with Crippen LogP contribution in [0.2, 0.25) is 0 Å². The van der Waals surface area contributed by atoms with E-state index in [0.29, 0.717) is 29.9 Å². The third-order valence-corrected chi connectivity index (χ3v) is 4.24. The van der Waals surface area contributed by atoms with Gasteiger partial charge in [-0.3, -0.25) is 14.6 Å². The third-order valence-electron chi connectivity index (χ3n) is 4.24. The number of piperidine rings is 1. The smallest absolute Gasteiger partial charge is 0.260 e. The lowest BCUT2D eigenvalue weighted by atomic mass is 9.97. The number of nitrogens with zero attached hydrogens (tertiary/aromatic N) is 2. The number of aromatic nitrogens is 2. The number of amides is 1. The molecule has 2 aromatic rings. The van der Waals surface area contributed by atoms with Crippen LogP contribution in [0.25, 0.3) is 10.9 Å². The summed E-state index contributed by atoms with van der Waals surface area (Å²) in [5.41, 5.74) is 0.548. The molecule has 1 aromatic carbocycles. The van der Waals surface area contributed by atoms with Crippen LogP contribution in [-0.2, 0) is 4.79 Å². The van der Waals surface area contributed by atoms with Crippen LogP contribution in [-0.4, -0.2) is 35.5 Å². The fraction of sp³-hybridized carbons (Fsp3) is 0.471. The number of rotatable bonds is 4. The van der Waals surface area contributed by atoms with Crippen LogP contribution in [0.1, 0.15) is 26.2 Å². The zero-order valence-electron chi connectivity index (χ0n) is 13.3. The Balaban J connectivity index is 1.81. The van der Waals surface area contributed by atoms with Gasteiger partial charge < -0.3 is 10.2 Å². The van der Waals surface area contributed by atoms with Gasteiger partial charge in [-0.05, 0) is 31.4 Å². The lowest BCUT2D eigenvalue weighted by Gasteiger charge is -2.32. The van der Waals surface area contributed by atoms with Gasteiger partial charge in [-0.25, -0.2) is 4.98 Å². The Hall–Kier alpha value is -2.37. The maximum Gasteiger partial charge on any atom is 0.260 e. The highest BCUT2D eigenvalue weighted by Gasteiger charge is 2.26.